The maximum Gasteiger partial charge on any atom is 0.364 e. The molecule has 10 fully saturated rings. The average molecular weight is 1920 g/mol. The first-order valence-electron chi connectivity index (χ1n) is 41.6. The maximum absolute atomic E-state index is 13.3. The maximum atomic E-state index is 13.3. The highest BCUT2D eigenvalue weighted by Gasteiger charge is 2.64. The van der Waals surface area contributed by atoms with Gasteiger partial charge in [-0.3, -0.25) is 24.0 Å². The molecule has 5 amide bonds. The number of nitrogens with one attached hydrogen (secondary N) is 5. The van der Waals surface area contributed by atoms with Gasteiger partial charge in [-0.1, -0.05) is 0 Å². The summed E-state index contributed by atoms with van der Waals surface area (Å²) in [5, 5.41) is 326. The van der Waals surface area contributed by atoms with Crippen LogP contribution in [-0.2, 0) is 119 Å². The van der Waals surface area contributed by atoms with E-state index in [4.69, 9.17) is 90.0 Å². The van der Waals surface area contributed by atoms with Crippen molar-refractivity contribution in [1.29, 1.82) is 0 Å². The number of carboxylic acid groups (broad SMARTS) is 1. The molecule has 10 saturated heterocycles. The summed E-state index contributed by atoms with van der Waals surface area (Å²) in [6.07, 6.45) is -98.3. The molecule has 756 valence electrons. The number of hydrogen-bond donors (Lipinski definition) is 33. The second-order valence-electron chi connectivity index (χ2n) is 33.2. The fourth-order valence-electron chi connectivity index (χ4n) is 16.9. The van der Waals surface area contributed by atoms with Gasteiger partial charge >= 0.3 is 5.97 Å². The quantitative estimate of drug-likeness (QED) is 0.0280. The van der Waals surface area contributed by atoms with Crippen LogP contribution in [0.5, 0.6) is 0 Å². The standard InChI is InChI=1S/C73H121N5O53/c1-17-38(93)49(104)52(107)67(115-17)113-16-32-57(46(101)34(63(110)116-32)75-19(3)87)124-65-36(77-21(5)89)47(102)55(29(13-84)121-65)125-68-53(108)59(127-71-62(51(106)42(97)27(11-82)120-71)129-64-35(76-20(4)88)45(100)40(95)25(9-80)117-64)44(99)31(123-68)15-114-70-61(50(105)41(96)26(10-81)119-70)128-66-37(78-22(6)90)48(103)56(30(14-85)122-66)126-69-54(109)60(43(98)28(12-83)118-69)131-73(72(111)112)7-23(91)33(74-18(2)86)58(130-73)39(94)24(92)8-79/h17,23-71,79-85,91-110H,7-16H2,1-6H3,(H,74,86)(H,75,87)(H,76,88)(H,77,89)(H,78,90)(H,111,112)/t17-,23+,24-,25-,26-,27-,28-,29-,30-,31-,32-,33-,34-,35-,36-,37-,38+,39-,40-,41-,42-,43+,44-,45-,46-,47-,48-,49+,50+,51+,52-,53+,54-,55-,56-,57-,58-,59+,60+,61+,62+,63-,64+,65+,66+,67+,68+,69+,70+,71-,73+/m1/s1. The molecule has 0 saturated carbocycles. The van der Waals surface area contributed by atoms with Gasteiger partial charge in [0.2, 0.25) is 29.5 Å². The van der Waals surface area contributed by atoms with Crippen molar-refractivity contribution in [3.05, 3.63) is 0 Å². The Morgan fingerprint density at radius 1 is 0.328 bits per heavy atom. The van der Waals surface area contributed by atoms with Gasteiger partial charge in [0, 0.05) is 41.0 Å². The molecule has 0 unspecified atom stereocenters. The van der Waals surface area contributed by atoms with Gasteiger partial charge in [0.05, 0.1) is 77.7 Å². The van der Waals surface area contributed by atoms with Crippen LogP contribution in [-0.4, -0.2) is 550 Å². The monoisotopic (exact) mass is 1920 g/mol. The van der Waals surface area contributed by atoms with Crippen LogP contribution in [0.15, 0.2) is 0 Å². The first-order chi connectivity index (χ1) is 61.7. The Bertz CT molecular complexity index is 3670. The predicted molar refractivity (Wildman–Crippen MR) is 403 cm³/mol. The molecule has 58 nitrogen and oxygen atoms in total. The highest BCUT2D eigenvalue weighted by atomic mass is 16.8. The zero-order chi connectivity index (χ0) is 96.9. The number of amides is 5. The average Bonchev–Trinajstić information content (AvgIpc) is 0.755. The number of aliphatic hydroxyl groups is 27. The van der Waals surface area contributed by atoms with E-state index in [1.165, 1.54) is 6.92 Å². The molecule has 0 aromatic rings. The highest BCUT2D eigenvalue weighted by Crippen LogP contribution is 2.43. The molecule has 0 bridgehead atoms. The normalized spacial score (nSPS) is 47.5. The minimum Gasteiger partial charge on any atom is -0.477 e. The Kier molecular flexibility index (Phi) is 38.4. The molecule has 131 heavy (non-hydrogen) atoms. The van der Waals surface area contributed by atoms with Crippen molar-refractivity contribution in [2.24, 2.45) is 0 Å². The number of rotatable bonds is 35. The molecular weight excluding hydrogens is 1790 g/mol. The van der Waals surface area contributed by atoms with Crippen LogP contribution >= 0.6 is 0 Å². The molecule has 51 atom stereocenters. The molecule has 33 N–H and O–H groups in total. The van der Waals surface area contributed by atoms with E-state index in [1.54, 1.807) is 0 Å². The lowest BCUT2D eigenvalue weighted by molar-refractivity contribution is -0.397. The van der Waals surface area contributed by atoms with E-state index < -0.39 is 414 Å². The summed E-state index contributed by atoms with van der Waals surface area (Å²) < 4.78 is 113. The fourth-order valence-corrected chi connectivity index (χ4v) is 16.9. The zero-order valence-electron chi connectivity index (χ0n) is 70.7. The molecular formula is C73H121N5O53. The Morgan fingerprint density at radius 3 is 1.15 bits per heavy atom. The second-order valence-corrected chi connectivity index (χ2v) is 33.2. The first kappa shape index (κ1) is 108. The van der Waals surface area contributed by atoms with Crippen LogP contribution in [0.3, 0.4) is 0 Å². The third kappa shape index (κ3) is 24.1. The third-order valence-corrected chi connectivity index (χ3v) is 23.8. The predicted octanol–water partition coefficient (Wildman–Crippen LogP) is -21.9. The van der Waals surface area contributed by atoms with Gasteiger partial charge in [0.25, 0.3) is 5.79 Å². The van der Waals surface area contributed by atoms with Crippen LogP contribution in [0, 0.1) is 0 Å². The van der Waals surface area contributed by atoms with Gasteiger partial charge in [0.15, 0.2) is 56.6 Å². The summed E-state index contributed by atoms with van der Waals surface area (Å²) in [7, 11) is 0. The topological polar surface area (TPSA) is 904 Å². The van der Waals surface area contributed by atoms with Gasteiger partial charge in [-0.15, -0.1) is 0 Å². The van der Waals surface area contributed by atoms with E-state index in [2.05, 4.69) is 26.6 Å². The molecule has 10 heterocycles. The summed E-state index contributed by atoms with van der Waals surface area (Å²) in [5.41, 5.74) is 0. The van der Waals surface area contributed by atoms with Crippen molar-refractivity contribution >= 4 is 35.5 Å². The SMILES string of the molecule is CC(=O)N[C@@H]1[C@@H](O)[C@H](O[C@@H]2O[C@H](CO)[C@@H](O[C@@H]3O[C@H](CO[C@H]4O[C@H](CO)[C@@H](O)[C@H](O)[C@@H]4O[C@@H]4O[C@H](CO)[C@@H](O[C@@H]5O[C@H](CO)[C@H](O)[C@H](O[C@]6(C(=O)O)C[C@H](O)[C@@H](NC(C)=O)[C@H]([C@H](O)[C@H](O)CO)O6)[C@H]5O)[C@H](O)[C@H]4NC(C)=O)[C@@H](O)[C@H](O[C@H]4O[C@H](CO)[C@@H](O)[C@H](O)[C@@H]4O[C@@H]4O[C@H](CO)[C@@H](O)[C@H](O)[C@H]4NC(C)=O)[C@@H]3O)[C@H](O)[C@H]2NC(C)=O)[C@@H](CO[C@H]2O[C@H](C)[C@H](O)[C@H](O)[C@H]2O)O[C@H]1O. The molecule has 10 aliphatic heterocycles. The first-order valence-corrected chi connectivity index (χ1v) is 41.6. The number of carboxylic acids is 1. The van der Waals surface area contributed by atoms with Crippen LogP contribution < -0.4 is 26.6 Å². The minimum atomic E-state index is -3.31. The van der Waals surface area contributed by atoms with Crippen LogP contribution in [0.1, 0.15) is 48.0 Å². The summed E-state index contributed by atoms with van der Waals surface area (Å²) in [4.78, 5) is 77.1. The Labute approximate surface area is 741 Å². The minimum absolute atomic E-state index is 0.854. The van der Waals surface area contributed by atoms with E-state index in [-0.39, 0.29) is 0 Å². The number of aliphatic carboxylic acids is 1. The van der Waals surface area contributed by atoms with Gasteiger partial charge in [-0.05, 0) is 6.92 Å². The zero-order valence-corrected chi connectivity index (χ0v) is 70.7. The third-order valence-electron chi connectivity index (χ3n) is 23.8. The lowest BCUT2D eigenvalue weighted by Crippen LogP contribution is -2.71. The van der Waals surface area contributed by atoms with Gasteiger partial charge in [-0.2, -0.15) is 0 Å². The summed E-state index contributed by atoms with van der Waals surface area (Å²) in [5.74, 6) is -10.2. The molecule has 58 heteroatoms. The van der Waals surface area contributed by atoms with Crippen molar-refractivity contribution in [3.8, 4) is 0 Å². The van der Waals surface area contributed by atoms with Crippen LogP contribution in [0.4, 0.5) is 0 Å². The smallest absolute Gasteiger partial charge is 0.364 e. The van der Waals surface area contributed by atoms with Gasteiger partial charge < -0.3 is 260 Å². The van der Waals surface area contributed by atoms with Crippen molar-refractivity contribution in [2.75, 3.05) is 59.5 Å². The molecule has 0 radical (unpaired) electrons. The van der Waals surface area contributed by atoms with E-state index in [1.807, 2.05) is 0 Å². The largest absolute Gasteiger partial charge is 0.477 e. The van der Waals surface area contributed by atoms with Gasteiger partial charge in [-0.25, -0.2) is 4.79 Å². The summed E-state index contributed by atoms with van der Waals surface area (Å²) in [6.45, 7) is -4.62. The van der Waals surface area contributed by atoms with E-state index in [9.17, 15) is 172 Å². The summed E-state index contributed by atoms with van der Waals surface area (Å²) in [6, 6.07) is -9.50. The highest BCUT2D eigenvalue weighted by molar-refractivity contribution is 5.77. The number of hydrogen-bond acceptors (Lipinski definition) is 52. The lowest BCUT2D eigenvalue weighted by Gasteiger charge is -2.51. The molecule has 0 spiro atoms. The lowest BCUT2D eigenvalue weighted by atomic mass is 9.88. The Hall–Kier alpha value is -5.02. The molecule has 0 aromatic carbocycles. The number of carbonyl (C=O) groups excluding carboxylic acids is 5. The summed E-state index contributed by atoms with van der Waals surface area (Å²) >= 11 is 0. The van der Waals surface area contributed by atoms with Gasteiger partial charge in [0.1, 0.15) is 232 Å². The Balaban J connectivity index is 0.963. The van der Waals surface area contributed by atoms with Crippen LogP contribution in [0.2, 0.25) is 0 Å². The number of aliphatic hydroxyl groups excluding tert-OH is 27. The van der Waals surface area contributed by atoms with E-state index in [0.717, 1.165) is 34.6 Å². The fraction of sp³-hybridized carbons (Fsp3) is 0.918. The molecule has 10 rings (SSSR count). The second kappa shape index (κ2) is 46.6. The van der Waals surface area contributed by atoms with E-state index >= 15 is 0 Å². The van der Waals surface area contributed by atoms with Crippen molar-refractivity contribution < 1.29 is 262 Å². The molecule has 10 aliphatic rings. The van der Waals surface area contributed by atoms with Crippen molar-refractivity contribution in [1.82, 2.24) is 26.6 Å². The van der Waals surface area contributed by atoms with Crippen molar-refractivity contribution in [3.63, 3.8) is 0 Å². The van der Waals surface area contributed by atoms with E-state index in [0.29, 0.717) is 0 Å². The molecule has 0 aliphatic carbocycles. The van der Waals surface area contributed by atoms with Crippen molar-refractivity contribution in [2.45, 2.75) is 360 Å². The molecule has 0 aromatic heterocycles. The number of carbonyl (C=O) groups is 6. The number of ether oxygens (including phenoxy) is 19. The Morgan fingerprint density at radius 2 is 0.679 bits per heavy atom. The van der Waals surface area contributed by atoms with Crippen LogP contribution in [0.25, 0.3) is 0 Å².